The Hall–Kier alpha value is -3.79. The summed E-state index contributed by atoms with van der Waals surface area (Å²) in [5, 5.41) is 0. The molecule has 3 nitrogen and oxygen atoms in total. The minimum Gasteiger partial charge on any atom is -0.490 e. The van der Waals surface area contributed by atoms with Crippen molar-refractivity contribution < 1.29 is 31.8 Å². The fourth-order valence-electron chi connectivity index (χ4n) is 2.99. The van der Waals surface area contributed by atoms with Crippen LogP contribution in [0.5, 0.6) is 11.5 Å². The monoisotopic (exact) mass is 470 g/mol. The van der Waals surface area contributed by atoms with Gasteiger partial charge in [0.05, 0.1) is 17.7 Å². The van der Waals surface area contributed by atoms with Gasteiger partial charge in [-0.2, -0.15) is 4.39 Å². The second-order valence-corrected chi connectivity index (χ2v) is 7.44. The maximum atomic E-state index is 14.4. The Morgan fingerprint density at radius 1 is 0.824 bits per heavy atom. The summed E-state index contributed by atoms with van der Waals surface area (Å²) in [5.74, 6) is 0.0356. The van der Waals surface area contributed by atoms with Crippen molar-refractivity contribution in [1.29, 1.82) is 0 Å². The molecule has 0 aliphatic carbocycles. The van der Waals surface area contributed by atoms with Crippen LogP contribution < -0.4 is 9.47 Å². The SMILES string of the molecule is CCCCCCOc1ccc(C#Cc2ccc(OC(=O)c3ccc(F)c(F)c3)cc2)c(F)c1F. The molecule has 0 saturated heterocycles. The number of ether oxygens (including phenoxy) is 2. The number of hydrogen-bond acceptors (Lipinski definition) is 3. The average molecular weight is 470 g/mol. The number of benzene rings is 3. The van der Waals surface area contributed by atoms with Crippen LogP contribution in [0.1, 0.15) is 54.1 Å². The predicted octanol–water partition coefficient (Wildman–Crippen LogP) is 6.82. The van der Waals surface area contributed by atoms with Gasteiger partial charge in [0.1, 0.15) is 5.75 Å². The molecular weight excluding hydrogens is 448 g/mol. The smallest absolute Gasteiger partial charge is 0.343 e. The Balaban J connectivity index is 1.63. The number of carbonyl (C=O) groups is 1. The zero-order valence-electron chi connectivity index (χ0n) is 18.5. The molecule has 34 heavy (non-hydrogen) atoms. The topological polar surface area (TPSA) is 35.5 Å². The van der Waals surface area contributed by atoms with E-state index in [0.29, 0.717) is 12.2 Å². The molecule has 0 fully saturated rings. The van der Waals surface area contributed by atoms with Crippen LogP contribution in [0.2, 0.25) is 0 Å². The molecule has 0 radical (unpaired) electrons. The standard InChI is InChI=1S/C27H22F4O3/c1-2-3-4-5-16-33-24-15-11-19(25(30)26(24)31)9-6-18-7-12-21(13-8-18)34-27(32)20-10-14-22(28)23(29)17-20/h7-8,10-15,17H,2-5,16H2,1H3. The Labute approximate surface area is 195 Å². The maximum absolute atomic E-state index is 14.4. The van der Waals surface area contributed by atoms with Crippen LogP contribution in [0.15, 0.2) is 54.6 Å². The van der Waals surface area contributed by atoms with Crippen molar-refractivity contribution in [3.8, 4) is 23.3 Å². The third-order valence-electron chi connectivity index (χ3n) is 4.86. The van der Waals surface area contributed by atoms with E-state index in [1.165, 1.54) is 36.4 Å². The van der Waals surface area contributed by atoms with E-state index >= 15 is 0 Å². The lowest BCUT2D eigenvalue weighted by molar-refractivity contribution is 0.0734. The van der Waals surface area contributed by atoms with Crippen molar-refractivity contribution in [2.24, 2.45) is 0 Å². The Kier molecular flexibility index (Phi) is 8.69. The number of rotatable bonds is 8. The van der Waals surface area contributed by atoms with Crippen LogP contribution in [0.3, 0.4) is 0 Å². The fraction of sp³-hybridized carbons (Fsp3) is 0.222. The van der Waals surface area contributed by atoms with Gasteiger partial charge in [0.2, 0.25) is 5.82 Å². The first-order valence-electron chi connectivity index (χ1n) is 10.8. The van der Waals surface area contributed by atoms with Gasteiger partial charge < -0.3 is 9.47 Å². The van der Waals surface area contributed by atoms with E-state index in [1.54, 1.807) is 0 Å². The Bertz CT molecular complexity index is 1210. The molecule has 0 aliphatic heterocycles. The first-order chi connectivity index (χ1) is 16.4. The van der Waals surface area contributed by atoms with Crippen LogP contribution in [0.25, 0.3) is 0 Å². The fourth-order valence-corrected chi connectivity index (χ4v) is 2.99. The van der Waals surface area contributed by atoms with E-state index in [0.717, 1.165) is 43.9 Å². The summed E-state index contributed by atoms with van der Waals surface area (Å²) in [6, 6.07) is 11.3. The third-order valence-corrected chi connectivity index (χ3v) is 4.86. The highest BCUT2D eigenvalue weighted by molar-refractivity contribution is 5.91. The molecule has 176 valence electrons. The van der Waals surface area contributed by atoms with Crippen molar-refractivity contribution in [1.82, 2.24) is 0 Å². The van der Waals surface area contributed by atoms with Gasteiger partial charge in [0.15, 0.2) is 23.2 Å². The lowest BCUT2D eigenvalue weighted by Crippen LogP contribution is -2.09. The van der Waals surface area contributed by atoms with Crippen LogP contribution >= 0.6 is 0 Å². The van der Waals surface area contributed by atoms with Gasteiger partial charge in [-0.3, -0.25) is 0 Å². The van der Waals surface area contributed by atoms with E-state index in [4.69, 9.17) is 9.47 Å². The summed E-state index contributed by atoms with van der Waals surface area (Å²) in [7, 11) is 0. The molecule has 0 spiro atoms. The maximum Gasteiger partial charge on any atom is 0.343 e. The van der Waals surface area contributed by atoms with Crippen molar-refractivity contribution in [2.45, 2.75) is 32.6 Å². The number of esters is 1. The second-order valence-electron chi connectivity index (χ2n) is 7.44. The molecule has 0 atom stereocenters. The summed E-state index contributed by atoms with van der Waals surface area (Å²) in [4.78, 5) is 12.1. The number of unbranched alkanes of at least 4 members (excludes halogenated alkanes) is 3. The van der Waals surface area contributed by atoms with E-state index in [2.05, 4.69) is 18.8 Å². The molecule has 3 rings (SSSR count). The first kappa shape index (κ1) is 24.8. The predicted molar refractivity (Wildman–Crippen MR) is 120 cm³/mol. The molecule has 0 aromatic heterocycles. The van der Waals surface area contributed by atoms with Gasteiger partial charge in [-0.05, 0) is 61.0 Å². The second kappa shape index (κ2) is 11.9. The molecule has 0 heterocycles. The van der Waals surface area contributed by atoms with Crippen molar-refractivity contribution in [3.63, 3.8) is 0 Å². The van der Waals surface area contributed by atoms with Crippen molar-refractivity contribution in [3.05, 3.63) is 94.6 Å². The van der Waals surface area contributed by atoms with Gasteiger partial charge in [-0.1, -0.05) is 38.0 Å². The van der Waals surface area contributed by atoms with Crippen LogP contribution in [-0.2, 0) is 0 Å². The zero-order valence-corrected chi connectivity index (χ0v) is 18.5. The highest BCUT2D eigenvalue weighted by Crippen LogP contribution is 2.23. The molecule has 0 aliphatic rings. The third kappa shape index (κ3) is 6.61. The molecule has 3 aromatic carbocycles. The van der Waals surface area contributed by atoms with Crippen LogP contribution in [0, 0.1) is 35.1 Å². The van der Waals surface area contributed by atoms with Crippen molar-refractivity contribution >= 4 is 5.97 Å². The minimum absolute atomic E-state index is 0.121. The van der Waals surface area contributed by atoms with Crippen LogP contribution in [0.4, 0.5) is 17.6 Å². The number of carbonyl (C=O) groups excluding carboxylic acids is 1. The van der Waals surface area contributed by atoms with Gasteiger partial charge in [-0.15, -0.1) is 0 Å². The van der Waals surface area contributed by atoms with Gasteiger partial charge in [-0.25, -0.2) is 18.0 Å². The molecule has 0 amide bonds. The highest BCUT2D eigenvalue weighted by atomic mass is 19.2. The van der Waals surface area contributed by atoms with E-state index in [9.17, 15) is 22.4 Å². The van der Waals surface area contributed by atoms with Gasteiger partial charge in [0, 0.05) is 5.56 Å². The minimum atomic E-state index is -1.16. The van der Waals surface area contributed by atoms with Crippen LogP contribution in [-0.4, -0.2) is 12.6 Å². The van der Waals surface area contributed by atoms with E-state index in [1.807, 2.05) is 0 Å². The highest BCUT2D eigenvalue weighted by Gasteiger charge is 2.14. The first-order valence-corrected chi connectivity index (χ1v) is 10.8. The Morgan fingerprint density at radius 2 is 1.59 bits per heavy atom. The normalized spacial score (nSPS) is 10.4. The van der Waals surface area contributed by atoms with E-state index < -0.39 is 29.2 Å². The number of hydrogen-bond donors (Lipinski definition) is 0. The Morgan fingerprint density at radius 3 is 2.29 bits per heavy atom. The lowest BCUT2D eigenvalue weighted by Gasteiger charge is -2.08. The van der Waals surface area contributed by atoms with E-state index in [-0.39, 0.29) is 22.6 Å². The summed E-state index contributed by atoms with van der Waals surface area (Å²) in [6.45, 7) is 2.40. The molecule has 0 N–H and O–H groups in total. The summed E-state index contributed by atoms with van der Waals surface area (Å²) >= 11 is 0. The summed E-state index contributed by atoms with van der Waals surface area (Å²) < 4.78 is 65.3. The number of halogens is 4. The summed E-state index contributed by atoms with van der Waals surface area (Å²) in [6.07, 6.45) is 3.86. The largest absolute Gasteiger partial charge is 0.490 e. The molecular formula is C27H22F4O3. The molecule has 0 saturated carbocycles. The summed E-state index contributed by atoms with van der Waals surface area (Å²) in [5.41, 5.74) is 0.196. The quantitative estimate of drug-likeness (QED) is 0.119. The molecule has 3 aromatic rings. The zero-order chi connectivity index (χ0) is 24.5. The van der Waals surface area contributed by atoms with Gasteiger partial charge >= 0.3 is 5.97 Å². The molecule has 7 heteroatoms. The lowest BCUT2D eigenvalue weighted by atomic mass is 10.1. The molecule has 0 unspecified atom stereocenters. The van der Waals surface area contributed by atoms with Crippen molar-refractivity contribution in [2.75, 3.05) is 6.61 Å². The average Bonchev–Trinajstić information content (AvgIpc) is 2.83. The van der Waals surface area contributed by atoms with Gasteiger partial charge in [0.25, 0.3) is 0 Å². The molecule has 0 bridgehead atoms.